The lowest BCUT2D eigenvalue weighted by Crippen LogP contribution is -2.52. The summed E-state index contributed by atoms with van der Waals surface area (Å²) in [5, 5.41) is 14.9. The standard InChI is InChI=1S/C35H37F3N4O7S2/c1-21(2)42(51(47,48)25-16-14-24(15-17-25)32(39)44)26(20-43)27-18-19-28(50-27)31(35(36,37)38)41-33(45)30(40-34(46)49-3)29(22-10-6-4-7-11-22)23-12-8-5-9-13-23/h4-19,21,26,29-31,43H,20H2,1-3H3,(H2,39,44)(H,40,46)(H,41,45)/t26?,30-,31+/m0/s1. The van der Waals surface area contributed by atoms with E-state index in [1.165, 1.54) is 44.2 Å². The summed E-state index contributed by atoms with van der Waals surface area (Å²) >= 11 is 0.563. The molecule has 0 saturated carbocycles. The second-order valence-electron chi connectivity index (χ2n) is 11.7. The highest BCUT2D eigenvalue weighted by Gasteiger charge is 2.46. The number of hydrogen-bond donors (Lipinski definition) is 4. The van der Waals surface area contributed by atoms with Crippen LogP contribution < -0.4 is 16.4 Å². The number of ether oxygens (including phenoxy) is 1. The van der Waals surface area contributed by atoms with Crippen LogP contribution in [0.15, 0.2) is 102 Å². The first-order valence-corrected chi connectivity index (χ1v) is 17.8. The fraction of sp³-hybridized carbons (Fsp3) is 0.286. The van der Waals surface area contributed by atoms with Crippen molar-refractivity contribution in [2.45, 2.75) is 55.0 Å². The van der Waals surface area contributed by atoms with Gasteiger partial charge in [-0.3, -0.25) is 9.59 Å². The van der Waals surface area contributed by atoms with E-state index in [4.69, 9.17) is 10.5 Å². The van der Waals surface area contributed by atoms with Crippen LogP contribution in [0.4, 0.5) is 18.0 Å². The van der Waals surface area contributed by atoms with Crippen molar-refractivity contribution in [1.82, 2.24) is 14.9 Å². The fourth-order valence-electron chi connectivity index (χ4n) is 5.65. The second-order valence-corrected chi connectivity index (χ2v) is 14.6. The van der Waals surface area contributed by atoms with Crippen LogP contribution in [0.25, 0.3) is 0 Å². The Labute approximate surface area is 297 Å². The zero-order valence-corrected chi connectivity index (χ0v) is 29.3. The van der Waals surface area contributed by atoms with Crippen LogP contribution in [0.5, 0.6) is 0 Å². The Bertz CT molecular complexity index is 1870. The third-order valence-electron chi connectivity index (χ3n) is 7.97. The predicted molar refractivity (Wildman–Crippen MR) is 184 cm³/mol. The molecule has 51 heavy (non-hydrogen) atoms. The summed E-state index contributed by atoms with van der Waals surface area (Å²) in [7, 11) is -3.30. The Morgan fingerprint density at radius 2 is 1.39 bits per heavy atom. The molecule has 4 aromatic rings. The lowest BCUT2D eigenvalue weighted by atomic mass is 9.84. The minimum atomic E-state index is -5.04. The van der Waals surface area contributed by atoms with E-state index in [0.29, 0.717) is 22.5 Å². The first kappa shape index (κ1) is 39.0. The molecule has 1 heterocycles. The van der Waals surface area contributed by atoms with E-state index in [1.54, 1.807) is 60.7 Å². The monoisotopic (exact) mass is 746 g/mol. The zero-order valence-electron chi connectivity index (χ0n) is 27.7. The topological polar surface area (TPSA) is 168 Å². The number of carbonyl (C=O) groups is 3. The van der Waals surface area contributed by atoms with Gasteiger partial charge in [0.25, 0.3) is 0 Å². The first-order chi connectivity index (χ1) is 24.1. The Hall–Kier alpha value is -4.77. The van der Waals surface area contributed by atoms with Gasteiger partial charge in [0.05, 0.1) is 24.7 Å². The van der Waals surface area contributed by atoms with Crippen LogP contribution in [-0.2, 0) is 19.6 Å². The number of methoxy groups -OCH3 is 1. The van der Waals surface area contributed by atoms with Crippen LogP contribution in [0.2, 0.25) is 0 Å². The Kier molecular flexibility index (Phi) is 12.6. The van der Waals surface area contributed by atoms with Crippen LogP contribution in [-0.4, -0.2) is 67.7 Å². The van der Waals surface area contributed by atoms with Gasteiger partial charge in [-0.1, -0.05) is 60.7 Å². The van der Waals surface area contributed by atoms with Crippen molar-refractivity contribution < 1.29 is 45.8 Å². The number of carbonyl (C=O) groups excluding carboxylic acids is 3. The fourth-order valence-corrected chi connectivity index (χ4v) is 8.69. The normalized spacial score (nSPS) is 13.8. The molecule has 4 rings (SSSR count). The van der Waals surface area contributed by atoms with Crippen molar-refractivity contribution in [2.75, 3.05) is 13.7 Å². The van der Waals surface area contributed by atoms with Gasteiger partial charge < -0.3 is 26.2 Å². The molecule has 1 unspecified atom stereocenters. The van der Waals surface area contributed by atoms with Crippen LogP contribution in [0.1, 0.15) is 63.1 Å². The largest absolute Gasteiger partial charge is 0.453 e. The number of nitrogens with two attached hydrogens (primary N) is 1. The van der Waals surface area contributed by atoms with Crippen LogP contribution in [0, 0.1) is 0 Å². The number of halogens is 3. The third kappa shape index (κ3) is 9.13. The van der Waals surface area contributed by atoms with E-state index >= 15 is 0 Å². The quantitative estimate of drug-likeness (QED) is 0.137. The highest BCUT2D eigenvalue weighted by Crippen LogP contribution is 2.41. The lowest BCUT2D eigenvalue weighted by molar-refractivity contribution is -0.163. The molecule has 0 aliphatic heterocycles. The number of rotatable bonds is 14. The minimum absolute atomic E-state index is 0.0646. The molecule has 0 spiro atoms. The maximum absolute atomic E-state index is 14.8. The maximum atomic E-state index is 14.8. The molecular weight excluding hydrogens is 710 g/mol. The number of hydrogen-bond acceptors (Lipinski definition) is 8. The molecule has 16 heteroatoms. The number of alkyl carbamates (subject to hydrolysis) is 1. The van der Waals surface area contributed by atoms with E-state index in [0.717, 1.165) is 17.5 Å². The maximum Gasteiger partial charge on any atom is 0.413 e. The molecule has 0 radical (unpaired) electrons. The van der Waals surface area contributed by atoms with E-state index in [9.17, 15) is 41.1 Å². The summed E-state index contributed by atoms with van der Waals surface area (Å²) in [6, 6.07) is 17.9. The molecule has 0 aliphatic carbocycles. The molecule has 0 fully saturated rings. The molecule has 3 amide bonds. The first-order valence-electron chi connectivity index (χ1n) is 15.6. The number of primary amides is 1. The Balaban J connectivity index is 1.72. The van der Waals surface area contributed by atoms with Gasteiger partial charge >= 0.3 is 12.3 Å². The molecule has 0 aliphatic rings. The molecule has 3 aromatic carbocycles. The molecule has 5 N–H and O–H groups in total. The number of benzene rings is 3. The van der Waals surface area contributed by atoms with Crippen LogP contribution >= 0.6 is 11.3 Å². The number of aliphatic hydroxyl groups excluding tert-OH is 1. The van der Waals surface area contributed by atoms with Gasteiger partial charge in [-0.25, -0.2) is 13.2 Å². The van der Waals surface area contributed by atoms with Crippen molar-refractivity contribution >= 4 is 39.3 Å². The zero-order chi connectivity index (χ0) is 37.5. The highest BCUT2D eigenvalue weighted by atomic mass is 32.2. The molecule has 0 bridgehead atoms. The molecule has 1 aromatic heterocycles. The number of thiophene rings is 1. The summed E-state index contributed by atoms with van der Waals surface area (Å²) in [6.45, 7) is 2.28. The Morgan fingerprint density at radius 1 is 0.863 bits per heavy atom. The van der Waals surface area contributed by atoms with E-state index in [1.807, 2.05) is 0 Å². The van der Waals surface area contributed by atoms with E-state index in [2.05, 4.69) is 10.6 Å². The summed E-state index contributed by atoms with van der Waals surface area (Å²) in [5.74, 6) is -2.87. The van der Waals surface area contributed by atoms with Crippen molar-refractivity contribution in [2.24, 2.45) is 5.73 Å². The van der Waals surface area contributed by atoms with Gasteiger partial charge in [-0.05, 0) is 61.4 Å². The molecular formula is C35H37F3N4O7S2. The number of amides is 3. The van der Waals surface area contributed by atoms with E-state index < -0.39 is 75.7 Å². The third-order valence-corrected chi connectivity index (χ3v) is 11.3. The molecule has 3 atom stereocenters. The predicted octanol–water partition coefficient (Wildman–Crippen LogP) is 5.26. The van der Waals surface area contributed by atoms with Gasteiger partial charge in [-0.2, -0.15) is 17.5 Å². The van der Waals surface area contributed by atoms with Crippen molar-refractivity contribution in [3.05, 3.63) is 124 Å². The van der Waals surface area contributed by atoms with Gasteiger partial charge in [-0.15, -0.1) is 11.3 Å². The van der Waals surface area contributed by atoms with Crippen LogP contribution in [0.3, 0.4) is 0 Å². The van der Waals surface area contributed by atoms with E-state index in [-0.39, 0.29) is 15.3 Å². The summed E-state index contributed by atoms with van der Waals surface area (Å²) < 4.78 is 77.6. The van der Waals surface area contributed by atoms with Crippen molar-refractivity contribution in [3.63, 3.8) is 0 Å². The van der Waals surface area contributed by atoms with Gasteiger partial charge in [0.1, 0.15) is 6.04 Å². The van der Waals surface area contributed by atoms with Gasteiger partial charge in [0, 0.05) is 27.3 Å². The lowest BCUT2D eigenvalue weighted by Gasteiger charge is -2.32. The Morgan fingerprint density at radius 3 is 1.84 bits per heavy atom. The summed E-state index contributed by atoms with van der Waals surface area (Å²) in [4.78, 5) is 37.3. The molecule has 0 saturated heterocycles. The average Bonchev–Trinajstić information content (AvgIpc) is 3.58. The smallest absolute Gasteiger partial charge is 0.413 e. The number of nitrogens with one attached hydrogen (secondary N) is 2. The summed E-state index contributed by atoms with van der Waals surface area (Å²) in [6.07, 6.45) is -6.08. The van der Waals surface area contributed by atoms with Crippen molar-refractivity contribution in [3.8, 4) is 0 Å². The molecule has 11 nitrogen and oxygen atoms in total. The SMILES string of the molecule is COC(=O)N[C@H](C(=O)N[C@H](c1ccc(C(CO)N(C(C)C)S(=O)(=O)c2ccc(C(N)=O)cc2)s1)C(F)(F)F)C(c1ccccc1)c1ccccc1. The summed E-state index contributed by atoms with van der Waals surface area (Å²) in [5.41, 5.74) is 6.40. The molecule has 272 valence electrons. The number of aliphatic hydroxyl groups is 1. The van der Waals surface area contributed by atoms with Gasteiger partial charge in [0.15, 0.2) is 6.04 Å². The van der Waals surface area contributed by atoms with Gasteiger partial charge in [0.2, 0.25) is 21.8 Å². The average molecular weight is 747 g/mol. The highest BCUT2D eigenvalue weighted by molar-refractivity contribution is 7.89. The van der Waals surface area contributed by atoms with Crippen molar-refractivity contribution in [1.29, 1.82) is 0 Å². The number of sulfonamides is 1. The number of alkyl halides is 3. The number of nitrogens with zero attached hydrogens (tertiary/aromatic N) is 1. The minimum Gasteiger partial charge on any atom is -0.453 e. The second kappa shape index (κ2) is 16.5.